The number of hydrogen-bond donors (Lipinski definition) is 1. The molecule has 0 unspecified atom stereocenters. The van der Waals surface area contributed by atoms with E-state index in [0.717, 1.165) is 5.56 Å². The standard InChI is InChI=1S/C20H16N4O3/c1-24-19(14-7-3-2-4-8-14)22-23-20(24)16(12-21)11-15-9-5-6-10-17(15)27-13-18(25)26/h2-11H,13H2,1H3,(H,25,26)/b16-11-. The van der Waals surface area contributed by atoms with Crippen molar-refractivity contribution in [3.63, 3.8) is 0 Å². The lowest BCUT2D eigenvalue weighted by molar-refractivity contribution is -0.139. The molecule has 7 nitrogen and oxygen atoms in total. The van der Waals surface area contributed by atoms with Gasteiger partial charge in [-0.15, -0.1) is 10.2 Å². The number of carboxylic acid groups (broad SMARTS) is 1. The molecule has 27 heavy (non-hydrogen) atoms. The van der Waals surface area contributed by atoms with Gasteiger partial charge in [-0.1, -0.05) is 48.5 Å². The van der Waals surface area contributed by atoms with Crippen LogP contribution in [0, 0.1) is 11.3 Å². The summed E-state index contributed by atoms with van der Waals surface area (Å²) < 4.78 is 7.03. The molecule has 3 aromatic rings. The van der Waals surface area contributed by atoms with Crippen LogP contribution in [0.5, 0.6) is 5.75 Å². The zero-order chi connectivity index (χ0) is 19.2. The molecule has 0 saturated heterocycles. The molecule has 0 aliphatic heterocycles. The summed E-state index contributed by atoms with van der Waals surface area (Å²) in [4.78, 5) is 10.8. The molecule has 2 aromatic carbocycles. The highest BCUT2D eigenvalue weighted by Gasteiger charge is 2.15. The van der Waals surface area contributed by atoms with Crippen LogP contribution < -0.4 is 4.74 Å². The number of aromatic nitrogens is 3. The summed E-state index contributed by atoms with van der Waals surface area (Å²) in [7, 11) is 1.79. The Morgan fingerprint density at radius 3 is 2.59 bits per heavy atom. The summed E-state index contributed by atoms with van der Waals surface area (Å²) in [6.45, 7) is -0.463. The van der Waals surface area contributed by atoms with Crippen LogP contribution in [-0.4, -0.2) is 32.4 Å². The number of allylic oxidation sites excluding steroid dienone is 1. The third-order valence-electron chi connectivity index (χ3n) is 3.84. The van der Waals surface area contributed by atoms with Crippen molar-refractivity contribution in [2.24, 2.45) is 7.05 Å². The van der Waals surface area contributed by atoms with Crippen molar-refractivity contribution in [1.29, 1.82) is 5.26 Å². The number of rotatable bonds is 6. The number of ether oxygens (including phenoxy) is 1. The number of nitrogens with zero attached hydrogens (tertiary/aromatic N) is 4. The molecule has 0 amide bonds. The topological polar surface area (TPSA) is 101 Å². The summed E-state index contributed by atoms with van der Waals surface area (Å²) in [6, 6.07) is 18.6. The summed E-state index contributed by atoms with van der Waals surface area (Å²) in [5, 5.41) is 26.8. The maximum absolute atomic E-state index is 10.8. The van der Waals surface area contributed by atoms with E-state index in [1.165, 1.54) is 0 Å². The fraction of sp³-hybridized carbons (Fsp3) is 0.100. The van der Waals surface area contributed by atoms with Crippen molar-refractivity contribution < 1.29 is 14.6 Å². The average molecular weight is 360 g/mol. The Kier molecular flexibility index (Phi) is 5.28. The van der Waals surface area contributed by atoms with Gasteiger partial charge >= 0.3 is 5.97 Å². The quantitative estimate of drug-likeness (QED) is 0.678. The Hall–Kier alpha value is -3.92. The van der Waals surface area contributed by atoms with E-state index >= 15 is 0 Å². The molecular weight excluding hydrogens is 344 g/mol. The molecule has 1 N–H and O–H groups in total. The predicted molar refractivity (Wildman–Crippen MR) is 99.5 cm³/mol. The molecule has 0 bridgehead atoms. The van der Waals surface area contributed by atoms with Crippen LogP contribution in [0.3, 0.4) is 0 Å². The summed E-state index contributed by atoms with van der Waals surface area (Å²) in [5.74, 6) is 0.347. The Labute approximate surface area is 155 Å². The molecule has 0 aliphatic carbocycles. The second-order valence-corrected chi connectivity index (χ2v) is 5.66. The van der Waals surface area contributed by atoms with Gasteiger partial charge in [-0.05, 0) is 12.1 Å². The molecule has 0 spiro atoms. The monoisotopic (exact) mass is 360 g/mol. The third-order valence-corrected chi connectivity index (χ3v) is 3.84. The Morgan fingerprint density at radius 2 is 1.89 bits per heavy atom. The van der Waals surface area contributed by atoms with E-state index in [9.17, 15) is 10.1 Å². The van der Waals surface area contributed by atoms with Gasteiger partial charge in [-0.25, -0.2) is 4.79 Å². The van der Waals surface area contributed by atoms with Crippen LogP contribution in [0.4, 0.5) is 0 Å². The number of carboxylic acids is 1. The van der Waals surface area contributed by atoms with Gasteiger partial charge in [0.05, 0.1) is 5.57 Å². The van der Waals surface area contributed by atoms with Crippen LogP contribution in [0.2, 0.25) is 0 Å². The van der Waals surface area contributed by atoms with Crippen molar-refractivity contribution in [1.82, 2.24) is 14.8 Å². The number of nitriles is 1. The van der Waals surface area contributed by atoms with Crippen LogP contribution >= 0.6 is 0 Å². The van der Waals surface area contributed by atoms with E-state index < -0.39 is 12.6 Å². The third kappa shape index (κ3) is 4.02. The summed E-state index contributed by atoms with van der Waals surface area (Å²) >= 11 is 0. The Bertz CT molecular complexity index is 1030. The van der Waals surface area contributed by atoms with E-state index in [0.29, 0.717) is 28.5 Å². The lowest BCUT2D eigenvalue weighted by atomic mass is 10.1. The number of benzene rings is 2. The minimum atomic E-state index is -1.07. The van der Waals surface area contributed by atoms with Crippen LogP contribution in [0.1, 0.15) is 11.4 Å². The highest BCUT2D eigenvalue weighted by atomic mass is 16.5. The fourth-order valence-corrected chi connectivity index (χ4v) is 2.58. The summed E-state index contributed by atoms with van der Waals surface area (Å²) in [6.07, 6.45) is 1.61. The summed E-state index contributed by atoms with van der Waals surface area (Å²) in [5.41, 5.74) is 1.76. The second kappa shape index (κ2) is 7.97. The molecular formula is C20H16N4O3. The van der Waals surface area contributed by atoms with Crippen molar-refractivity contribution in [2.45, 2.75) is 0 Å². The minimum Gasteiger partial charge on any atom is -0.481 e. The van der Waals surface area contributed by atoms with Crippen LogP contribution in [0.15, 0.2) is 54.6 Å². The van der Waals surface area contributed by atoms with Gasteiger partial charge in [0.15, 0.2) is 18.3 Å². The molecule has 3 rings (SSSR count). The first-order valence-corrected chi connectivity index (χ1v) is 8.10. The van der Waals surface area contributed by atoms with E-state index in [1.54, 1.807) is 42.0 Å². The average Bonchev–Trinajstić information content (AvgIpc) is 3.07. The first-order chi connectivity index (χ1) is 13.1. The largest absolute Gasteiger partial charge is 0.481 e. The van der Waals surface area contributed by atoms with Gasteiger partial charge in [0.2, 0.25) is 0 Å². The number of hydrogen-bond acceptors (Lipinski definition) is 5. The molecule has 0 atom stereocenters. The van der Waals surface area contributed by atoms with Gasteiger partial charge < -0.3 is 14.4 Å². The van der Waals surface area contributed by atoms with Gasteiger partial charge in [0, 0.05) is 18.2 Å². The lowest BCUT2D eigenvalue weighted by Gasteiger charge is -2.07. The van der Waals surface area contributed by atoms with E-state index in [2.05, 4.69) is 16.3 Å². The molecule has 1 aromatic heterocycles. The van der Waals surface area contributed by atoms with Gasteiger partial charge in [0.1, 0.15) is 11.8 Å². The first-order valence-electron chi connectivity index (χ1n) is 8.10. The van der Waals surface area contributed by atoms with Gasteiger partial charge in [0.25, 0.3) is 0 Å². The molecule has 0 fully saturated rings. The Morgan fingerprint density at radius 1 is 1.19 bits per heavy atom. The van der Waals surface area contributed by atoms with Gasteiger partial charge in [-0.2, -0.15) is 5.26 Å². The van der Waals surface area contributed by atoms with E-state index in [4.69, 9.17) is 9.84 Å². The zero-order valence-electron chi connectivity index (χ0n) is 14.5. The number of para-hydroxylation sites is 1. The smallest absolute Gasteiger partial charge is 0.341 e. The van der Waals surface area contributed by atoms with E-state index in [-0.39, 0.29) is 0 Å². The minimum absolute atomic E-state index is 0.290. The fourth-order valence-electron chi connectivity index (χ4n) is 2.58. The molecule has 7 heteroatoms. The highest BCUT2D eigenvalue weighted by Crippen LogP contribution is 2.25. The molecule has 0 saturated carbocycles. The number of aliphatic carboxylic acids is 1. The normalized spacial score (nSPS) is 11.0. The van der Waals surface area contributed by atoms with Crippen LogP contribution in [0.25, 0.3) is 23.0 Å². The zero-order valence-corrected chi connectivity index (χ0v) is 14.5. The SMILES string of the molecule is Cn1c(/C(C#N)=C\c2ccccc2OCC(=O)O)nnc1-c1ccccc1. The number of carbonyl (C=O) groups is 1. The molecule has 134 valence electrons. The van der Waals surface area contributed by atoms with Gasteiger partial charge in [-0.3, -0.25) is 0 Å². The highest BCUT2D eigenvalue weighted by molar-refractivity contribution is 5.88. The molecule has 0 radical (unpaired) electrons. The molecule has 1 heterocycles. The predicted octanol–water partition coefficient (Wildman–Crippen LogP) is 3.01. The van der Waals surface area contributed by atoms with Crippen molar-refractivity contribution >= 4 is 17.6 Å². The van der Waals surface area contributed by atoms with Crippen molar-refractivity contribution in [2.75, 3.05) is 6.61 Å². The maximum Gasteiger partial charge on any atom is 0.341 e. The lowest BCUT2D eigenvalue weighted by Crippen LogP contribution is -2.10. The van der Waals surface area contributed by atoms with Crippen molar-refractivity contribution in [3.8, 4) is 23.2 Å². The Balaban J connectivity index is 1.99. The maximum atomic E-state index is 10.8. The van der Waals surface area contributed by atoms with E-state index in [1.807, 2.05) is 30.3 Å². The second-order valence-electron chi connectivity index (χ2n) is 5.66. The van der Waals surface area contributed by atoms with Crippen molar-refractivity contribution in [3.05, 3.63) is 66.0 Å². The van der Waals surface area contributed by atoms with Crippen LogP contribution in [-0.2, 0) is 11.8 Å². The first kappa shape index (κ1) is 17.9. The molecule has 0 aliphatic rings.